The summed E-state index contributed by atoms with van der Waals surface area (Å²) in [6.45, 7) is 1.68. The summed E-state index contributed by atoms with van der Waals surface area (Å²) in [5, 5.41) is 9.48. The van der Waals surface area contributed by atoms with E-state index in [1.54, 1.807) is 37.3 Å². The Morgan fingerprint density at radius 1 is 1.11 bits per heavy atom. The standard InChI is InChI=1S/C14H11Br2FO2/c1-8(18)9-2-4-13(11(16)6-9)19-14-5-3-10(15)7-12(14)17/h2-8,18H,1H3/t8-/m0/s1. The Bertz CT molecular complexity index is 600. The van der Waals surface area contributed by atoms with Crippen LogP contribution in [0.25, 0.3) is 0 Å². The van der Waals surface area contributed by atoms with E-state index in [2.05, 4.69) is 31.9 Å². The average molecular weight is 390 g/mol. The lowest BCUT2D eigenvalue weighted by atomic mass is 10.1. The van der Waals surface area contributed by atoms with Crippen LogP contribution in [0.2, 0.25) is 0 Å². The molecule has 100 valence electrons. The molecular weight excluding hydrogens is 379 g/mol. The van der Waals surface area contributed by atoms with E-state index in [0.29, 0.717) is 14.7 Å². The van der Waals surface area contributed by atoms with E-state index >= 15 is 0 Å². The van der Waals surface area contributed by atoms with Gasteiger partial charge in [-0.1, -0.05) is 22.0 Å². The first kappa shape index (κ1) is 14.5. The van der Waals surface area contributed by atoms with Gasteiger partial charge in [-0.2, -0.15) is 0 Å². The van der Waals surface area contributed by atoms with Crippen molar-refractivity contribution in [1.29, 1.82) is 0 Å². The van der Waals surface area contributed by atoms with E-state index in [9.17, 15) is 9.50 Å². The molecule has 0 heterocycles. The first-order valence-electron chi connectivity index (χ1n) is 5.58. The molecule has 0 aliphatic heterocycles. The van der Waals surface area contributed by atoms with Crippen molar-refractivity contribution in [2.75, 3.05) is 0 Å². The van der Waals surface area contributed by atoms with Gasteiger partial charge in [-0.15, -0.1) is 0 Å². The van der Waals surface area contributed by atoms with E-state index < -0.39 is 11.9 Å². The van der Waals surface area contributed by atoms with Gasteiger partial charge in [0.2, 0.25) is 0 Å². The lowest BCUT2D eigenvalue weighted by Gasteiger charge is -2.11. The third kappa shape index (κ3) is 3.55. The smallest absolute Gasteiger partial charge is 0.166 e. The van der Waals surface area contributed by atoms with Crippen LogP contribution in [-0.2, 0) is 0 Å². The second kappa shape index (κ2) is 6.03. The van der Waals surface area contributed by atoms with E-state index in [1.165, 1.54) is 6.07 Å². The molecule has 0 spiro atoms. The maximum atomic E-state index is 13.7. The van der Waals surface area contributed by atoms with E-state index in [-0.39, 0.29) is 5.75 Å². The molecule has 0 aliphatic carbocycles. The third-order valence-corrected chi connectivity index (χ3v) is 3.67. The zero-order valence-corrected chi connectivity index (χ0v) is 13.2. The summed E-state index contributed by atoms with van der Waals surface area (Å²) < 4.78 is 20.5. The number of benzene rings is 2. The van der Waals surface area contributed by atoms with Crippen molar-refractivity contribution < 1.29 is 14.2 Å². The third-order valence-electron chi connectivity index (χ3n) is 2.55. The first-order chi connectivity index (χ1) is 8.97. The van der Waals surface area contributed by atoms with E-state index in [1.807, 2.05) is 0 Å². The molecule has 2 aromatic rings. The van der Waals surface area contributed by atoms with Crippen LogP contribution in [-0.4, -0.2) is 5.11 Å². The molecule has 0 unspecified atom stereocenters. The predicted molar refractivity (Wildman–Crippen MR) is 78.9 cm³/mol. The topological polar surface area (TPSA) is 29.5 Å². The molecule has 0 amide bonds. The fourth-order valence-corrected chi connectivity index (χ4v) is 2.35. The van der Waals surface area contributed by atoms with Gasteiger partial charge in [0.25, 0.3) is 0 Å². The van der Waals surface area contributed by atoms with Gasteiger partial charge in [-0.05, 0) is 58.7 Å². The van der Waals surface area contributed by atoms with Crippen LogP contribution in [0.1, 0.15) is 18.6 Å². The lowest BCUT2D eigenvalue weighted by Crippen LogP contribution is -1.93. The maximum absolute atomic E-state index is 13.7. The monoisotopic (exact) mass is 388 g/mol. The fourth-order valence-electron chi connectivity index (χ4n) is 1.54. The minimum absolute atomic E-state index is 0.147. The molecule has 5 heteroatoms. The van der Waals surface area contributed by atoms with Gasteiger partial charge in [0.1, 0.15) is 5.75 Å². The summed E-state index contributed by atoms with van der Waals surface area (Å²) in [7, 11) is 0. The molecule has 0 radical (unpaired) electrons. The Kier molecular flexibility index (Phi) is 4.60. The fraction of sp³-hybridized carbons (Fsp3) is 0.143. The number of hydrogen-bond donors (Lipinski definition) is 1. The number of aliphatic hydroxyl groups excluding tert-OH is 1. The Morgan fingerprint density at radius 2 is 1.79 bits per heavy atom. The van der Waals surface area contributed by atoms with Crippen molar-refractivity contribution in [3.8, 4) is 11.5 Å². The molecule has 2 aromatic carbocycles. The average Bonchev–Trinajstić information content (AvgIpc) is 2.34. The van der Waals surface area contributed by atoms with Crippen molar-refractivity contribution >= 4 is 31.9 Å². The highest BCUT2D eigenvalue weighted by molar-refractivity contribution is 9.10. The Balaban J connectivity index is 2.28. The van der Waals surface area contributed by atoms with Gasteiger partial charge in [0.15, 0.2) is 11.6 Å². The van der Waals surface area contributed by atoms with Crippen LogP contribution >= 0.6 is 31.9 Å². The normalized spacial score (nSPS) is 12.3. The molecule has 19 heavy (non-hydrogen) atoms. The molecule has 2 rings (SSSR count). The molecule has 0 bridgehead atoms. The number of hydrogen-bond acceptors (Lipinski definition) is 2. The van der Waals surface area contributed by atoms with Crippen LogP contribution in [0.15, 0.2) is 45.3 Å². The quantitative estimate of drug-likeness (QED) is 0.781. The van der Waals surface area contributed by atoms with Crippen molar-refractivity contribution in [2.45, 2.75) is 13.0 Å². The van der Waals surface area contributed by atoms with Crippen LogP contribution in [0.4, 0.5) is 4.39 Å². The summed E-state index contributed by atoms with van der Waals surface area (Å²) >= 11 is 6.53. The Hall–Kier alpha value is -0.910. The molecular formula is C14H11Br2FO2. The molecule has 0 aromatic heterocycles. The highest BCUT2D eigenvalue weighted by Crippen LogP contribution is 2.33. The zero-order chi connectivity index (χ0) is 14.0. The van der Waals surface area contributed by atoms with E-state index in [0.717, 1.165) is 5.56 Å². The highest BCUT2D eigenvalue weighted by Gasteiger charge is 2.10. The molecule has 0 saturated heterocycles. The predicted octanol–water partition coefficient (Wildman–Crippen LogP) is 5.20. The largest absolute Gasteiger partial charge is 0.453 e. The lowest BCUT2D eigenvalue weighted by molar-refractivity contribution is 0.199. The highest BCUT2D eigenvalue weighted by atomic mass is 79.9. The van der Waals surface area contributed by atoms with Gasteiger partial charge < -0.3 is 9.84 Å². The summed E-state index contributed by atoms with van der Waals surface area (Å²) in [4.78, 5) is 0. The first-order valence-corrected chi connectivity index (χ1v) is 7.16. The Labute approximate surface area is 127 Å². The van der Waals surface area contributed by atoms with Crippen molar-refractivity contribution in [2.24, 2.45) is 0 Å². The minimum atomic E-state index is -0.560. The molecule has 0 aliphatic rings. The van der Waals surface area contributed by atoms with Crippen molar-refractivity contribution in [3.05, 3.63) is 56.7 Å². The summed E-state index contributed by atoms with van der Waals surface area (Å²) in [5.74, 6) is 0.195. The second-order valence-electron chi connectivity index (χ2n) is 4.04. The van der Waals surface area contributed by atoms with Gasteiger partial charge in [-0.25, -0.2) is 4.39 Å². The molecule has 2 nitrogen and oxygen atoms in total. The SMILES string of the molecule is C[C@H](O)c1ccc(Oc2ccc(Br)cc2F)c(Br)c1. The zero-order valence-electron chi connectivity index (χ0n) is 10.0. The van der Waals surface area contributed by atoms with Crippen molar-refractivity contribution in [3.63, 3.8) is 0 Å². The van der Waals surface area contributed by atoms with Gasteiger partial charge in [0, 0.05) is 4.47 Å². The molecule has 1 N–H and O–H groups in total. The van der Waals surface area contributed by atoms with Crippen molar-refractivity contribution in [1.82, 2.24) is 0 Å². The maximum Gasteiger partial charge on any atom is 0.166 e. The van der Waals surface area contributed by atoms with Crippen LogP contribution in [0.5, 0.6) is 11.5 Å². The van der Waals surface area contributed by atoms with Crippen LogP contribution in [0, 0.1) is 5.82 Å². The van der Waals surface area contributed by atoms with E-state index in [4.69, 9.17) is 4.74 Å². The summed E-state index contributed by atoms with van der Waals surface area (Å²) in [5.41, 5.74) is 0.760. The van der Waals surface area contributed by atoms with Crippen LogP contribution < -0.4 is 4.74 Å². The molecule has 0 fully saturated rings. The summed E-state index contributed by atoms with van der Waals surface area (Å²) in [6.07, 6.45) is -0.560. The second-order valence-corrected chi connectivity index (χ2v) is 5.81. The molecule has 1 atom stereocenters. The minimum Gasteiger partial charge on any atom is -0.453 e. The number of ether oxygens (including phenoxy) is 1. The van der Waals surface area contributed by atoms with Gasteiger partial charge in [-0.3, -0.25) is 0 Å². The van der Waals surface area contributed by atoms with Crippen LogP contribution in [0.3, 0.4) is 0 Å². The number of halogens is 3. The Morgan fingerprint density at radius 3 is 2.37 bits per heavy atom. The number of aliphatic hydroxyl groups is 1. The summed E-state index contributed by atoms with van der Waals surface area (Å²) in [6, 6.07) is 9.77. The number of rotatable bonds is 3. The van der Waals surface area contributed by atoms with Gasteiger partial charge in [0.05, 0.1) is 10.6 Å². The molecule has 0 saturated carbocycles. The van der Waals surface area contributed by atoms with Gasteiger partial charge >= 0.3 is 0 Å².